The molecule has 1 fully saturated rings. The Morgan fingerprint density at radius 1 is 1.50 bits per heavy atom. The molecule has 3 nitrogen and oxygen atoms in total. The van der Waals surface area contributed by atoms with Gasteiger partial charge in [-0.05, 0) is 32.6 Å². The van der Waals surface area contributed by atoms with Crippen molar-refractivity contribution in [2.24, 2.45) is 7.05 Å². The monoisotopic (exact) mass is 241 g/mol. The van der Waals surface area contributed by atoms with Crippen molar-refractivity contribution in [3.8, 4) is 0 Å². The lowest BCUT2D eigenvalue weighted by atomic mass is 9.75. The highest BCUT2D eigenvalue weighted by atomic mass is 35.5. The van der Waals surface area contributed by atoms with Crippen LogP contribution in [0.4, 0.5) is 0 Å². The second-order valence-electron chi connectivity index (χ2n) is 4.81. The van der Waals surface area contributed by atoms with Crippen molar-refractivity contribution < 1.29 is 0 Å². The molecule has 0 saturated heterocycles. The first-order valence-electron chi connectivity index (χ1n) is 6.01. The van der Waals surface area contributed by atoms with Gasteiger partial charge in [0, 0.05) is 19.1 Å². The Balaban J connectivity index is 2.04. The molecule has 0 amide bonds. The summed E-state index contributed by atoms with van der Waals surface area (Å²) in [6.45, 7) is 5.02. The van der Waals surface area contributed by atoms with Crippen molar-refractivity contribution >= 4 is 11.6 Å². The van der Waals surface area contributed by atoms with Gasteiger partial charge in [0.05, 0.1) is 16.4 Å². The van der Waals surface area contributed by atoms with Gasteiger partial charge in [0.25, 0.3) is 0 Å². The molecule has 90 valence electrons. The molecule has 1 aliphatic carbocycles. The lowest BCUT2D eigenvalue weighted by molar-refractivity contribution is 0.174. The number of nitrogens with one attached hydrogen (secondary N) is 1. The van der Waals surface area contributed by atoms with Crippen LogP contribution < -0.4 is 5.32 Å². The van der Waals surface area contributed by atoms with Crippen molar-refractivity contribution in [3.05, 3.63) is 16.4 Å². The van der Waals surface area contributed by atoms with E-state index in [-0.39, 0.29) is 0 Å². The van der Waals surface area contributed by atoms with E-state index in [1.807, 2.05) is 18.7 Å². The average Bonchev–Trinajstić information content (AvgIpc) is 2.43. The van der Waals surface area contributed by atoms with Gasteiger partial charge in [-0.15, -0.1) is 0 Å². The quantitative estimate of drug-likeness (QED) is 0.879. The molecule has 0 radical (unpaired) electrons. The maximum atomic E-state index is 6.22. The Morgan fingerprint density at radius 2 is 2.19 bits per heavy atom. The van der Waals surface area contributed by atoms with E-state index in [1.54, 1.807) is 0 Å². The zero-order chi connectivity index (χ0) is 11.8. The third-order valence-electron chi connectivity index (χ3n) is 3.88. The number of aromatic nitrogens is 2. The summed E-state index contributed by atoms with van der Waals surface area (Å²) >= 11 is 6.22. The molecule has 1 aromatic heterocycles. The summed E-state index contributed by atoms with van der Waals surface area (Å²) in [5, 5.41) is 8.78. The Hall–Kier alpha value is -0.540. The molecule has 4 heteroatoms. The third-order valence-corrected chi connectivity index (χ3v) is 4.37. The van der Waals surface area contributed by atoms with Crippen molar-refractivity contribution in [2.45, 2.75) is 51.6 Å². The van der Waals surface area contributed by atoms with Crippen LogP contribution in [0.5, 0.6) is 0 Å². The van der Waals surface area contributed by atoms with Crippen molar-refractivity contribution in [1.29, 1.82) is 0 Å². The zero-order valence-corrected chi connectivity index (χ0v) is 11.1. The summed E-state index contributed by atoms with van der Waals surface area (Å²) in [6.07, 6.45) is 5.12. The Morgan fingerprint density at radius 3 is 2.56 bits per heavy atom. The van der Waals surface area contributed by atoms with Crippen LogP contribution in [0.25, 0.3) is 0 Å². The van der Waals surface area contributed by atoms with E-state index in [4.69, 9.17) is 11.6 Å². The van der Waals surface area contributed by atoms with Crippen LogP contribution in [0, 0.1) is 6.92 Å². The molecule has 0 bridgehead atoms. The lowest BCUT2D eigenvalue weighted by Gasteiger charge is -2.42. The highest BCUT2D eigenvalue weighted by Crippen LogP contribution is 2.35. The summed E-state index contributed by atoms with van der Waals surface area (Å²) in [7, 11) is 1.95. The van der Waals surface area contributed by atoms with Gasteiger partial charge < -0.3 is 5.32 Å². The van der Waals surface area contributed by atoms with Gasteiger partial charge in [-0.2, -0.15) is 5.10 Å². The van der Waals surface area contributed by atoms with Gasteiger partial charge in [0.15, 0.2) is 0 Å². The van der Waals surface area contributed by atoms with Gasteiger partial charge in [-0.25, -0.2) is 0 Å². The fraction of sp³-hybridized carbons (Fsp3) is 0.750. The molecule has 0 unspecified atom stereocenters. The molecule has 1 aromatic rings. The van der Waals surface area contributed by atoms with Crippen LogP contribution in [0.2, 0.25) is 5.02 Å². The first-order chi connectivity index (χ1) is 7.58. The maximum absolute atomic E-state index is 6.22. The third kappa shape index (κ3) is 1.98. The normalized spacial score (nSPS) is 18.5. The molecule has 0 atom stereocenters. The lowest BCUT2D eigenvalue weighted by Crippen LogP contribution is -2.50. The predicted molar refractivity (Wildman–Crippen MR) is 66.7 cm³/mol. The Labute approximate surface area is 102 Å². The molecule has 0 spiro atoms. The van der Waals surface area contributed by atoms with Crippen LogP contribution in [0.15, 0.2) is 0 Å². The van der Waals surface area contributed by atoms with Crippen LogP contribution >= 0.6 is 11.6 Å². The van der Waals surface area contributed by atoms with Crippen LogP contribution in [-0.2, 0) is 13.6 Å². The van der Waals surface area contributed by atoms with E-state index in [9.17, 15) is 0 Å². The van der Waals surface area contributed by atoms with Gasteiger partial charge in [-0.1, -0.05) is 18.5 Å². The molecular formula is C12H20ClN3. The summed E-state index contributed by atoms with van der Waals surface area (Å²) in [5.41, 5.74) is 2.38. The standard InChI is InChI=1S/C12H20ClN3/c1-4-12(6-5-7-12)14-8-10-11(13)9(2)15-16(10)3/h14H,4-8H2,1-3H3. The number of aryl methyl sites for hydroxylation is 2. The first kappa shape index (κ1) is 11.9. The first-order valence-corrected chi connectivity index (χ1v) is 6.39. The van der Waals surface area contributed by atoms with Crippen molar-refractivity contribution in [1.82, 2.24) is 15.1 Å². The van der Waals surface area contributed by atoms with E-state index in [0.29, 0.717) is 5.54 Å². The largest absolute Gasteiger partial charge is 0.306 e. The molecule has 1 N–H and O–H groups in total. The smallest absolute Gasteiger partial charge is 0.0860 e. The maximum Gasteiger partial charge on any atom is 0.0860 e. The predicted octanol–water partition coefficient (Wildman–Crippen LogP) is 2.80. The average molecular weight is 242 g/mol. The van der Waals surface area contributed by atoms with Gasteiger partial charge in [0.1, 0.15) is 0 Å². The molecule has 1 saturated carbocycles. The molecule has 2 rings (SSSR count). The van der Waals surface area contributed by atoms with E-state index in [1.165, 1.54) is 25.7 Å². The van der Waals surface area contributed by atoms with E-state index in [2.05, 4.69) is 17.3 Å². The molecule has 0 aromatic carbocycles. The van der Waals surface area contributed by atoms with E-state index >= 15 is 0 Å². The molecular weight excluding hydrogens is 222 g/mol. The highest BCUT2D eigenvalue weighted by molar-refractivity contribution is 6.31. The van der Waals surface area contributed by atoms with Crippen LogP contribution in [-0.4, -0.2) is 15.3 Å². The summed E-state index contributed by atoms with van der Waals surface area (Å²) < 4.78 is 1.88. The van der Waals surface area contributed by atoms with E-state index < -0.39 is 0 Å². The second kappa shape index (κ2) is 4.38. The Bertz CT molecular complexity index is 374. The number of hydrogen-bond donors (Lipinski definition) is 1. The van der Waals surface area contributed by atoms with Gasteiger partial charge in [0.2, 0.25) is 0 Å². The van der Waals surface area contributed by atoms with Crippen LogP contribution in [0.1, 0.15) is 44.0 Å². The highest BCUT2D eigenvalue weighted by Gasteiger charge is 2.34. The topological polar surface area (TPSA) is 29.9 Å². The number of nitrogens with zero attached hydrogens (tertiary/aromatic N) is 2. The minimum atomic E-state index is 0.363. The fourth-order valence-corrected chi connectivity index (χ4v) is 2.63. The number of halogens is 1. The SMILES string of the molecule is CCC1(NCc2c(Cl)c(C)nn2C)CCC1. The summed E-state index contributed by atoms with van der Waals surface area (Å²) in [5.74, 6) is 0. The van der Waals surface area contributed by atoms with Crippen molar-refractivity contribution in [3.63, 3.8) is 0 Å². The number of hydrogen-bond acceptors (Lipinski definition) is 2. The number of rotatable bonds is 4. The molecule has 0 aliphatic heterocycles. The summed E-state index contributed by atoms with van der Waals surface area (Å²) in [4.78, 5) is 0. The second-order valence-corrected chi connectivity index (χ2v) is 5.19. The van der Waals surface area contributed by atoms with Crippen molar-refractivity contribution in [2.75, 3.05) is 0 Å². The minimum absolute atomic E-state index is 0.363. The molecule has 16 heavy (non-hydrogen) atoms. The Kier molecular flexibility index (Phi) is 3.27. The minimum Gasteiger partial charge on any atom is -0.306 e. The molecule has 1 heterocycles. The van der Waals surface area contributed by atoms with Crippen LogP contribution in [0.3, 0.4) is 0 Å². The van der Waals surface area contributed by atoms with Gasteiger partial charge >= 0.3 is 0 Å². The zero-order valence-electron chi connectivity index (χ0n) is 10.3. The van der Waals surface area contributed by atoms with E-state index in [0.717, 1.165) is 23.0 Å². The fourth-order valence-electron chi connectivity index (χ4n) is 2.40. The molecule has 1 aliphatic rings. The van der Waals surface area contributed by atoms with Gasteiger partial charge in [-0.3, -0.25) is 4.68 Å². The summed E-state index contributed by atoms with van der Waals surface area (Å²) in [6, 6.07) is 0.